The van der Waals surface area contributed by atoms with E-state index in [9.17, 15) is 14.0 Å². The van der Waals surface area contributed by atoms with Gasteiger partial charge in [-0.05, 0) is 0 Å². The van der Waals surface area contributed by atoms with Crippen molar-refractivity contribution in [2.45, 2.75) is 25.2 Å². The van der Waals surface area contributed by atoms with Crippen molar-refractivity contribution in [3.8, 4) is 0 Å². The van der Waals surface area contributed by atoms with E-state index < -0.39 is 30.2 Å². The number of hydrogen-bond acceptors (Lipinski definition) is 3. The van der Waals surface area contributed by atoms with Crippen LogP contribution in [0.2, 0.25) is 0 Å². The molecule has 5 nitrogen and oxygen atoms in total. The average Bonchev–Trinajstić information content (AvgIpc) is 2.28. The molecule has 74 valence electrons. The summed E-state index contributed by atoms with van der Waals surface area (Å²) in [4.78, 5) is 22.2. The summed E-state index contributed by atoms with van der Waals surface area (Å²) in [5, 5.41) is 17.6. The summed E-state index contributed by atoms with van der Waals surface area (Å²) in [5.74, 6) is -1.98. The summed E-state index contributed by atoms with van der Waals surface area (Å²) in [6.45, 7) is 0.883. The molecule has 0 aromatic carbocycles. The van der Waals surface area contributed by atoms with Crippen LogP contribution in [0.25, 0.3) is 0 Å². The highest BCUT2D eigenvalue weighted by atomic mass is 19.1. The summed E-state index contributed by atoms with van der Waals surface area (Å²) >= 11 is 0. The van der Waals surface area contributed by atoms with Gasteiger partial charge in [0.25, 0.3) is 0 Å². The Morgan fingerprint density at radius 3 is 2.38 bits per heavy atom. The Hall–Kier alpha value is -1.17. The minimum Gasteiger partial charge on any atom is -0.480 e. The quantitative estimate of drug-likeness (QED) is 0.557. The molecule has 1 fully saturated rings. The predicted octanol–water partition coefficient (Wildman–Crippen LogP) is -0.999. The molecular formula is C7H10FNO4. The zero-order chi connectivity index (χ0) is 10.2. The van der Waals surface area contributed by atoms with Crippen LogP contribution in [0.5, 0.6) is 0 Å². The molecule has 0 bridgehead atoms. The number of carboxylic acid groups (broad SMARTS) is 1. The van der Waals surface area contributed by atoms with Crippen LogP contribution in [0, 0.1) is 0 Å². The van der Waals surface area contributed by atoms with Crippen LogP contribution in [-0.4, -0.2) is 51.9 Å². The highest BCUT2D eigenvalue weighted by Crippen LogP contribution is 2.21. The highest BCUT2D eigenvalue weighted by Gasteiger charge is 2.46. The maximum Gasteiger partial charge on any atom is 0.329 e. The molecule has 1 aliphatic heterocycles. The van der Waals surface area contributed by atoms with E-state index in [1.165, 1.54) is 0 Å². The van der Waals surface area contributed by atoms with Gasteiger partial charge in [0.2, 0.25) is 5.91 Å². The number of rotatable bonds is 1. The second kappa shape index (κ2) is 3.29. The molecule has 6 heteroatoms. The van der Waals surface area contributed by atoms with E-state index in [1.807, 2.05) is 0 Å². The van der Waals surface area contributed by atoms with Crippen LogP contribution in [0.15, 0.2) is 0 Å². The maximum absolute atomic E-state index is 13.0. The Labute approximate surface area is 73.8 Å². The number of alkyl halides is 1. The van der Waals surface area contributed by atoms with Gasteiger partial charge in [-0.15, -0.1) is 0 Å². The summed E-state index contributed by atoms with van der Waals surface area (Å²) in [6.07, 6.45) is -3.30. The Kier molecular flexibility index (Phi) is 2.51. The van der Waals surface area contributed by atoms with Crippen molar-refractivity contribution in [1.29, 1.82) is 0 Å². The number of carbonyl (C=O) groups is 2. The number of likely N-dealkylation sites (tertiary alicyclic amines) is 1. The lowest BCUT2D eigenvalue weighted by atomic mass is 10.1. The lowest BCUT2D eigenvalue weighted by Gasteiger charge is -2.19. The second-order valence-corrected chi connectivity index (χ2v) is 2.97. The Morgan fingerprint density at radius 1 is 1.54 bits per heavy atom. The number of nitrogens with zero attached hydrogens (tertiary/aromatic N) is 1. The van der Waals surface area contributed by atoms with Crippen molar-refractivity contribution < 1.29 is 24.2 Å². The van der Waals surface area contributed by atoms with E-state index in [1.54, 1.807) is 0 Å². The number of carboxylic acids is 1. The van der Waals surface area contributed by atoms with Crippen LogP contribution in [-0.2, 0) is 9.59 Å². The fourth-order valence-electron chi connectivity index (χ4n) is 1.39. The van der Waals surface area contributed by atoms with E-state index >= 15 is 0 Å². The van der Waals surface area contributed by atoms with Crippen LogP contribution < -0.4 is 0 Å². The third kappa shape index (κ3) is 1.62. The summed E-state index contributed by atoms with van der Waals surface area (Å²) in [6, 6.07) is -1.55. The van der Waals surface area contributed by atoms with Gasteiger partial charge in [0.1, 0.15) is 6.10 Å². The molecule has 1 rings (SSSR count). The minimum absolute atomic E-state index is 0.256. The van der Waals surface area contributed by atoms with Gasteiger partial charge >= 0.3 is 5.97 Å². The van der Waals surface area contributed by atoms with Crippen molar-refractivity contribution in [1.82, 2.24) is 4.90 Å². The molecule has 1 aliphatic rings. The summed E-state index contributed by atoms with van der Waals surface area (Å²) in [7, 11) is 0. The molecule has 0 saturated carbocycles. The number of aliphatic carboxylic acids is 1. The minimum atomic E-state index is -1.90. The lowest BCUT2D eigenvalue weighted by Crippen LogP contribution is -2.43. The largest absolute Gasteiger partial charge is 0.480 e. The molecule has 2 N–H and O–H groups in total. The van der Waals surface area contributed by atoms with Gasteiger partial charge in [0.15, 0.2) is 12.2 Å². The van der Waals surface area contributed by atoms with Gasteiger partial charge < -0.3 is 15.1 Å². The first kappa shape index (κ1) is 9.91. The zero-order valence-electron chi connectivity index (χ0n) is 6.98. The molecule has 0 radical (unpaired) electrons. The van der Waals surface area contributed by atoms with Gasteiger partial charge in [0, 0.05) is 6.92 Å². The maximum atomic E-state index is 13.0. The van der Waals surface area contributed by atoms with E-state index in [0.717, 1.165) is 11.8 Å². The van der Waals surface area contributed by atoms with Crippen molar-refractivity contribution in [3.05, 3.63) is 0 Å². The van der Waals surface area contributed by atoms with Crippen LogP contribution in [0.3, 0.4) is 0 Å². The molecule has 13 heavy (non-hydrogen) atoms. The van der Waals surface area contributed by atoms with Gasteiger partial charge in [-0.1, -0.05) is 0 Å². The normalized spacial score (nSPS) is 33.5. The van der Waals surface area contributed by atoms with Gasteiger partial charge in [-0.2, -0.15) is 0 Å². The topological polar surface area (TPSA) is 77.8 Å². The fraction of sp³-hybridized carbons (Fsp3) is 0.714. The number of aliphatic hydroxyl groups is 1. The van der Waals surface area contributed by atoms with E-state index in [4.69, 9.17) is 10.2 Å². The first-order chi connectivity index (χ1) is 5.95. The summed E-state index contributed by atoms with van der Waals surface area (Å²) < 4.78 is 13.0. The molecule has 0 aliphatic carbocycles. The van der Waals surface area contributed by atoms with Gasteiger partial charge in [-0.25, -0.2) is 9.18 Å². The Balaban J connectivity index is 2.86. The van der Waals surface area contributed by atoms with Crippen LogP contribution in [0.1, 0.15) is 6.92 Å². The summed E-state index contributed by atoms with van der Waals surface area (Å²) in [5.41, 5.74) is 0. The SMILES string of the molecule is CC(=O)N1C[C@H](O)[C@@H](F)[C@H]1C(=O)O. The van der Waals surface area contributed by atoms with Crippen LogP contribution in [0.4, 0.5) is 4.39 Å². The van der Waals surface area contributed by atoms with Gasteiger partial charge in [-0.3, -0.25) is 4.79 Å². The molecule has 1 heterocycles. The van der Waals surface area contributed by atoms with Crippen molar-refractivity contribution in [2.24, 2.45) is 0 Å². The molecule has 1 saturated heterocycles. The number of amides is 1. The standard InChI is InChI=1S/C7H10FNO4/c1-3(10)9-2-4(11)5(8)6(9)7(12)13/h4-6,11H,2H2,1H3,(H,12,13)/t4-,5+,6-/m0/s1. The molecule has 0 spiro atoms. The predicted molar refractivity (Wildman–Crippen MR) is 39.7 cm³/mol. The molecular weight excluding hydrogens is 181 g/mol. The van der Waals surface area contributed by atoms with E-state index in [-0.39, 0.29) is 6.54 Å². The molecule has 0 unspecified atom stereocenters. The first-order valence-electron chi connectivity index (χ1n) is 3.77. The van der Waals surface area contributed by atoms with Gasteiger partial charge in [0.05, 0.1) is 6.54 Å². The number of β-amino-alcohol motifs (C(OH)–C–C–N with tert-alkyl or cyclic N) is 1. The molecule has 0 aromatic rings. The number of carbonyl (C=O) groups excluding carboxylic acids is 1. The highest BCUT2D eigenvalue weighted by molar-refractivity contribution is 5.83. The smallest absolute Gasteiger partial charge is 0.329 e. The zero-order valence-corrected chi connectivity index (χ0v) is 6.98. The average molecular weight is 191 g/mol. The van der Waals surface area contributed by atoms with E-state index in [2.05, 4.69) is 0 Å². The lowest BCUT2D eigenvalue weighted by molar-refractivity contribution is -0.149. The van der Waals surface area contributed by atoms with Crippen molar-refractivity contribution in [2.75, 3.05) is 6.54 Å². The number of halogens is 1. The molecule has 3 atom stereocenters. The Bertz CT molecular complexity index is 245. The van der Waals surface area contributed by atoms with Crippen LogP contribution >= 0.6 is 0 Å². The molecule has 1 amide bonds. The second-order valence-electron chi connectivity index (χ2n) is 2.97. The third-order valence-corrected chi connectivity index (χ3v) is 2.05. The van der Waals surface area contributed by atoms with Crippen molar-refractivity contribution >= 4 is 11.9 Å². The monoisotopic (exact) mass is 191 g/mol. The number of hydrogen-bond donors (Lipinski definition) is 2. The third-order valence-electron chi connectivity index (χ3n) is 2.05. The molecule has 0 aromatic heterocycles. The Morgan fingerprint density at radius 2 is 2.08 bits per heavy atom. The van der Waals surface area contributed by atoms with E-state index in [0.29, 0.717) is 0 Å². The first-order valence-corrected chi connectivity index (χ1v) is 3.77. The van der Waals surface area contributed by atoms with Crippen molar-refractivity contribution in [3.63, 3.8) is 0 Å². The fourth-order valence-corrected chi connectivity index (χ4v) is 1.39. The number of aliphatic hydroxyl groups excluding tert-OH is 1.